The molecule has 3 aromatic carbocycles. The average molecular weight is 570 g/mol. The maximum Gasteiger partial charge on any atom is 0.264 e. The Kier molecular flexibility index (Phi) is 10.3. The lowest BCUT2D eigenvalue weighted by molar-refractivity contribution is -0.139. The Morgan fingerprint density at radius 3 is 2.27 bits per heavy atom. The molecular weight excluding hydrogens is 533 g/mol. The van der Waals surface area contributed by atoms with E-state index in [2.05, 4.69) is 5.32 Å². The fourth-order valence-electron chi connectivity index (χ4n) is 4.09. The highest BCUT2D eigenvalue weighted by Gasteiger charge is 2.34. The van der Waals surface area contributed by atoms with Gasteiger partial charge in [0.25, 0.3) is 10.0 Å². The molecule has 0 aliphatic carbocycles. The zero-order valence-electron chi connectivity index (χ0n) is 23.4. The Labute approximate surface area is 235 Å². The number of nitrogens with one attached hydrogen (secondary N) is 1. The van der Waals surface area contributed by atoms with E-state index in [9.17, 15) is 22.4 Å². The van der Waals surface area contributed by atoms with Crippen LogP contribution >= 0.6 is 0 Å². The second-order valence-electron chi connectivity index (χ2n) is 9.61. The molecule has 40 heavy (non-hydrogen) atoms. The third kappa shape index (κ3) is 7.18. The molecule has 3 aromatic rings. The topological polar surface area (TPSA) is 96.0 Å². The number of hydrogen-bond donors (Lipinski definition) is 1. The molecule has 0 aliphatic rings. The van der Waals surface area contributed by atoms with Crippen molar-refractivity contribution in [2.75, 3.05) is 18.0 Å². The summed E-state index contributed by atoms with van der Waals surface area (Å²) in [5, 5.41) is 2.85. The Balaban J connectivity index is 2.09. The number of carbonyl (C=O) groups is 2. The molecule has 3 rings (SSSR count). The molecule has 214 valence electrons. The minimum Gasteiger partial charge on any atom is -0.495 e. The Bertz CT molecular complexity index is 1430. The molecule has 0 aromatic heterocycles. The lowest BCUT2D eigenvalue weighted by Crippen LogP contribution is -2.52. The van der Waals surface area contributed by atoms with Crippen LogP contribution in [0.15, 0.2) is 77.7 Å². The number of aryl methyl sites for hydroxylation is 1. The third-order valence-electron chi connectivity index (χ3n) is 6.68. The van der Waals surface area contributed by atoms with Crippen LogP contribution in [0.5, 0.6) is 5.75 Å². The number of ether oxygens (including phenoxy) is 1. The Morgan fingerprint density at radius 2 is 1.65 bits per heavy atom. The molecule has 0 saturated heterocycles. The number of amides is 2. The molecular formula is C30H36FN3O5S. The predicted molar refractivity (Wildman–Crippen MR) is 153 cm³/mol. The van der Waals surface area contributed by atoms with Gasteiger partial charge in [-0.15, -0.1) is 0 Å². The van der Waals surface area contributed by atoms with Gasteiger partial charge in [-0.3, -0.25) is 13.9 Å². The molecule has 0 unspecified atom stereocenters. The molecule has 0 heterocycles. The SMILES string of the molecule is CC[C@@H](C)NC(=O)[C@@H](C)N(Cc1ccccc1F)C(=O)CN(c1cc(C)ccc1OC)S(=O)(=O)c1ccccc1. The highest BCUT2D eigenvalue weighted by molar-refractivity contribution is 7.92. The summed E-state index contributed by atoms with van der Waals surface area (Å²) in [4.78, 5) is 28.3. The number of benzene rings is 3. The van der Waals surface area contributed by atoms with Gasteiger partial charge in [-0.1, -0.05) is 49.4 Å². The summed E-state index contributed by atoms with van der Waals surface area (Å²) >= 11 is 0. The van der Waals surface area contributed by atoms with Crippen molar-refractivity contribution in [2.24, 2.45) is 0 Å². The maximum absolute atomic E-state index is 14.7. The van der Waals surface area contributed by atoms with Crippen LogP contribution in [-0.4, -0.2) is 50.9 Å². The first-order valence-electron chi connectivity index (χ1n) is 13.0. The van der Waals surface area contributed by atoms with Crippen molar-refractivity contribution in [3.8, 4) is 5.75 Å². The zero-order valence-corrected chi connectivity index (χ0v) is 24.2. The largest absolute Gasteiger partial charge is 0.495 e. The van der Waals surface area contributed by atoms with Crippen molar-refractivity contribution >= 4 is 27.5 Å². The number of nitrogens with zero attached hydrogens (tertiary/aromatic N) is 2. The van der Waals surface area contributed by atoms with Gasteiger partial charge in [-0.25, -0.2) is 12.8 Å². The molecule has 1 N–H and O–H groups in total. The summed E-state index contributed by atoms with van der Waals surface area (Å²) in [6, 6.07) is 17.6. The van der Waals surface area contributed by atoms with Crippen LogP contribution in [0.2, 0.25) is 0 Å². The van der Waals surface area contributed by atoms with Crippen molar-refractivity contribution in [3.05, 3.63) is 89.7 Å². The van der Waals surface area contributed by atoms with Gasteiger partial charge in [-0.05, 0) is 63.1 Å². The first-order valence-corrected chi connectivity index (χ1v) is 14.5. The smallest absolute Gasteiger partial charge is 0.264 e. The van der Waals surface area contributed by atoms with E-state index in [1.165, 1.54) is 42.3 Å². The number of hydrogen-bond acceptors (Lipinski definition) is 5. The van der Waals surface area contributed by atoms with E-state index in [0.29, 0.717) is 6.42 Å². The van der Waals surface area contributed by atoms with Crippen LogP contribution in [-0.2, 0) is 26.2 Å². The van der Waals surface area contributed by atoms with E-state index in [0.717, 1.165) is 9.87 Å². The van der Waals surface area contributed by atoms with E-state index in [4.69, 9.17) is 4.74 Å². The summed E-state index contributed by atoms with van der Waals surface area (Å²) in [7, 11) is -2.84. The molecule has 8 nitrogen and oxygen atoms in total. The van der Waals surface area contributed by atoms with E-state index in [-0.39, 0.29) is 34.5 Å². The third-order valence-corrected chi connectivity index (χ3v) is 8.45. The summed E-state index contributed by atoms with van der Waals surface area (Å²) < 4.78 is 49.0. The summed E-state index contributed by atoms with van der Waals surface area (Å²) in [6.45, 7) is 6.21. The van der Waals surface area contributed by atoms with E-state index < -0.39 is 40.2 Å². The molecule has 2 amide bonds. The molecule has 0 radical (unpaired) electrons. The first-order chi connectivity index (χ1) is 19.0. The van der Waals surface area contributed by atoms with E-state index in [1.54, 1.807) is 56.3 Å². The number of rotatable bonds is 12. The number of halogens is 1. The van der Waals surface area contributed by atoms with Crippen molar-refractivity contribution < 1.29 is 27.1 Å². The minimum atomic E-state index is -4.25. The minimum absolute atomic E-state index is 0.0189. The zero-order chi connectivity index (χ0) is 29.4. The lowest BCUT2D eigenvalue weighted by atomic mass is 10.1. The lowest BCUT2D eigenvalue weighted by Gasteiger charge is -2.33. The summed E-state index contributed by atoms with van der Waals surface area (Å²) in [6.07, 6.45) is 0.677. The standard InChI is InChI=1S/C30H36FN3O5S/c1-6-22(3)32-30(36)23(4)33(19-24-12-10-11-15-26(24)31)29(35)20-34(27-18-21(2)16-17-28(27)39-5)40(37,38)25-13-8-7-9-14-25/h7-18,22-23H,6,19-20H2,1-5H3,(H,32,36)/t22-,23-/m1/s1. The molecule has 0 bridgehead atoms. The molecule has 10 heteroatoms. The van der Waals surface area contributed by atoms with Gasteiger partial charge in [0.2, 0.25) is 11.8 Å². The molecule has 0 fully saturated rings. The van der Waals surface area contributed by atoms with Crippen LogP contribution in [0.25, 0.3) is 0 Å². The molecule has 0 aliphatic heterocycles. The van der Waals surface area contributed by atoms with Crippen LogP contribution < -0.4 is 14.4 Å². The van der Waals surface area contributed by atoms with Crippen molar-refractivity contribution in [2.45, 2.75) is 57.6 Å². The molecule has 0 saturated carbocycles. The normalized spacial score (nSPS) is 12.8. The van der Waals surface area contributed by atoms with Crippen LogP contribution in [0.1, 0.15) is 38.3 Å². The van der Waals surface area contributed by atoms with Crippen LogP contribution in [0.4, 0.5) is 10.1 Å². The summed E-state index contributed by atoms with van der Waals surface area (Å²) in [5.74, 6) is -1.40. The number of methoxy groups -OCH3 is 1. The fourth-order valence-corrected chi connectivity index (χ4v) is 5.52. The van der Waals surface area contributed by atoms with Gasteiger partial charge in [0.05, 0.1) is 17.7 Å². The fraction of sp³-hybridized carbons (Fsp3) is 0.333. The van der Waals surface area contributed by atoms with Crippen molar-refractivity contribution in [3.63, 3.8) is 0 Å². The first kappa shape index (κ1) is 30.6. The number of carbonyl (C=O) groups excluding carboxylic acids is 2. The van der Waals surface area contributed by atoms with E-state index >= 15 is 0 Å². The van der Waals surface area contributed by atoms with Gasteiger partial charge in [-0.2, -0.15) is 0 Å². The average Bonchev–Trinajstić information content (AvgIpc) is 2.95. The maximum atomic E-state index is 14.7. The second-order valence-corrected chi connectivity index (χ2v) is 11.5. The van der Waals surface area contributed by atoms with Gasteiger partial charge < -0.3 is 15.0 Å². The van der Waals surface area contributed by atoms with Crippen molar-refractivity contribution in [1.29, 1.82) is 0 Å². The monoisotopic (exact) mass is 569 g/mol. The summed E-state index contributed by atoms with van der Waals surface area (Å²) in [5.41, 5.74) is 1.12. The van der Waals surface area contributed by atoms with Crippen molar-refractivity contribution in [1.82, 2.24) is 10.2 Å². The van der Waals surface area contributed by atoms with Gasteiger partial charge >= 0.3 is 0 Å². The van der Waals surface area contributed by atoms with Gasteiger partial charge in [0.1, 0.15) is 24.2 Å². The Hall–Kier alpha value is -3.92. The van der Waals surface area contributed by atoms with Gasteiger partial charge in [0.15, 0.2) is 0 Å². The van der Waals surface area contributed by atoms with Gasteiger partial charge in [0, 0.05) is 18.2 Å². The highest BCUT2D eigenvalue weighted by Crippen LogP contribution is 2.33. The quantitative estimate of drug-likeness (QED) is 0.342. The number of sulfonamides is 1. The second kappa shape index (κ2) is 13.4. The highest BCUT2D eigenvalue weighted by atomic mass is 32.2. The predicted octanol–water partition coefficient (Wildman–Crippen LogP) is 4.67. The molecule has 0 spiro atoms. The molecule has 2 atom stereocenters. The van der Waals surface area contributed by atoms with Crippen LogP contribution in [0.3, 0.4) is 0 Å². The number of anilines is 1. The van der Waals surface area contributed by atoms with Crippen LogP contribution in [0, 0.1) is 12.7 Å². The van der Waals surface area contributed by atoms with E-state index in [1.807, 2.05) is 13.8 Å². The Morgan fingerprint density at radius 1 is 1.00 bits per heavy atom.